The molecule has 3 aliphatic heterocycles. The highest BCUT2D eigenvalue weighted by molar-refractivity contribution is 6.38. The Hall–Kier alpha value is -1.92. The molecule has 27 heavy (non-hydrogen) atoms. The maximum atomic E-state index is 13.4. The fraction of sp³-hybridized carbons (Fsp3) is 0.300. The summed E-state index contributed by atoms with van der Waals surface area (Å²) in [6.07, 6.45) is 0.982. The molecule has 0 radical (unpaired) electrons. The Kier molecular flexibility index (Phi) is 4.02. The molecule has 2 aromatic rings. The van der Waals surface area contributed by atoms with Crippen molar-refractivity contribution in [3.63, 3.8) is 0 Å². The number of carbonyl (C=O) groups is 2. The topological polar surface area (TPSA) is 43.9 Å². The third kappa shape index (κ3) is 2.46. The molecule has 0 unspecified atom stereocenters. The van der Waals surface area contributed by atoms with Gasteiger partial charge < -0.3 is 0 Å². The van der Waals surface area contributed by atoms with Gasteiger partial charge in [0.1, 0.15) is 6.04 Å². The molecule has 3 fully saturated rings. The highest BCUT2D eigenvalue weighted by atomic mass is 35.5. The van der Waals surface area contributed by atoms with Gasteiger partial charge in [0.15, 0.2) is 0 Å². The first kappa shape index (κ1) is 17.2. The average molecular weight is 402 g/mol. The molecule has 0 spiro atoms. The van der Waals surface area contributed by atoms with Crippen LogP contribution in [0.25, 0.3) is 0 Å². The van der Waals surface area contributed by atoms with Crippen LogP contribution in [-0.2, 0) is 9.59 Å². The fourth-order valence-electron chi connectivity index (χ4n) is 4.66. The van der Waals surface area contributed by atoms with Crippen LogP contribution in [0.15, 0.2) is 48.5 Å². The van der Waals surface area contributed by atoms with Crippen molar-refractivity contribution in [2.24, 2.45) is 5.92 Å². The molecule has 5 rings (SSSR count). The van der Waals surface area contributed by atoms with Crippen LogP contribution in [0.2, 0.25) is 10.0 Å². The Morgan fingerprint density at radius 2 is 1.56 bits per heavy atom. The molecule has 0 saturated carbocycles. The Balaban J connectivity index is 1.60. The van der Waals surface area contributed by atoms with Crippen molar-refractivity contribution in [2.75, 3.05) is 18.0 Å². The van der Waals surface area contributed by atoms with Crippen molar-refractivity contribution in [3.05, 3.63) is 64.1 Å². The second-order valence-corrected chi connectivity index (χ2v) is 7.96. The molecule has 0 bridgehead atoms. The number of amides is 2. The Morgan fingerprint density at radius 3 is 2.26 bits per heavy atom. The summed E-state index contributed by atoms with van der Waals surface area (Å²) in [7, 11) is 0. The zero-order valence-corrected chi connectivity index (χ0v) is 15.9. The number of halogens is 2. The molecule has 138 valence electrons. The largest absolute Gasteiger partial charge is 0.274 e. The summed E-state index contributed by atoms with van der Waals surface area (Å²) in [5.41, 5.74) is 1.46. The number of hydrogen-bond acceptors (Lipinski definition) is 4. The normalized spacial score (nSPS) is 28.1. The van der Waals surface area contributed by atoms with E-state index in [-0.39, 0.29) is 17.9 Å². The van der Waals surface area contributed by atoms with E-state index >= 15 is 0 Å². The molecule has 2 aromatic carbocycles. The van der Waals surface area contributed by atoms with Gasteiger partial charge in [-0.2, -0.15) is 0 Å². The SMILES string of the molecule is O=C1[C@@H]2[C@@H](C(=O)N1c1ccc(Cl)cc1Cl)N1CCCN1[C@@H]2c1ccccc1. The second kappa shape index (κ2) is 6.31. The van der Waals surface area contributed by atoms with Crippen LogP contribution in [-0.4, -0.2) is 41.0 Å². The third-order valence-electron chi connectivity index (χ3n) is 5.70. The van der Waals surface area contributed by atoms with Crippen LogP contribution in [0.5, 0.6) is 0 Å². The lowest BCUT2D eigenvalue weighted by molar-refractivity contribution is -0.126. The number of fused-ring (bicyclic) bond motifs is 3. The third-order valence-corrected chi connectivity index (χ3v) is 6.24. The Morgan fingerprint density at radius 1 is 0.852 bits per heavy atom. The van der Waals surface area contributed by atoms with Crippen molar-refractivity contribution in [3.8, 4) is 0 Å². The summed E-state index contributed by atoms with van der Waals surface area (Å²) in [5.74, 6) is -0.844. The quantitative estimate of drug-likeness (QED) is 0.721. The van der Waals surface area contributed by atoms with E-state index in [0.29, 0.717) is 15.7 Å². The van der Waals surface area contributed by atoms with E-state index < -0.39 is 12.0 Å². The van der Waals surface area contributed by atoms with Crippen molar-refractivity contribution >= 4 is 40.7 Å². The van der Waals surface area contributed by atoms with Gasteiger partial charge in [-0.25, -0.2) is 14.9 Å². The molecule has 0 aromatic heterocycles. The minimum atomic E-state index is -0.475. The number of hydrazine groups is 1. The fourth-order valence-corrected chi connectivity index (χ4v) is 5.16. The zero-order chi connectivity index (χ0) is 18.7. The maximum absolute atomic E-state index is 13.4. The van der Waals surface area contributed by atoms with Crippen LogP contribution in [0.1, 0.15) is 18.0 Å². The molecule has 3 saturated heterocycles. The summed E-state index contributed by atoms with van der Waals surface area (Å²) >= 11 is 12.3. The van der Waals surface area contributed by atoms with Crippen molar-refractivity contribution < 1.29 is 9.59 Å². The van der Waals surface area contributed by atoms with E-state index in [2.05, 4.69) is 10.0 Å². The first-order valence-electron chi connectivity index (χ1n) is 8.99. The van der Waals surface area contributed by atoms with E-state index in [1.165, 1.54) is 4.90 Å². The molecule has 3 heterocycles. The van der Waals surface area contributed by atoms with Crippen LogP contribution in [0.3, 0.4) is 0 Å². The molecule has 0 aliphatic carbocycles. The van der Waals surface area contributed by atoms with Gasteiger partial charge in [-0.1, -0.05) is 53.5 Å². The highest BCUT2D eigenvalue weighted by Crippen LogP contribution is 2.49. The van der Waals surface area contributed by atoms with Gasteiger partial charge >= 0.3 is 0 Å². The molecule has 7 heteroatoms. The van der Waals surface area contributed by atoms with Gasteiger partial charge in [-0.3, -0.25) is 9.59 Å². The van der Waals surface area contributed by atoms with E-state index in [1.54, 1.807) is 18.2 Å². The smallest absolute Gasteiger partial charge is 0.253 e. The molecule has 3 aliphatic rings. The van der Waals surface area contributed by atoms with E-state index in [1.807, 2.05) is 30.3 Å². The van der Waals surface area contributed by atoms with Crippen LogP contribution in [0.4, 0.5) is 5.69 Å². The molecular formula is C20H17Cl2N3O2. The number of nitrogens with zero attached hydrogens (tertiary/aromatic N) is 3. The summed E-state index contributed by atoms with van der Waals surface area (Å²) in [4.78, 5) is 28.0. The first-order valence-corrected chi connectivity index (χ1v) is 9.74. The minimum absolute atomic E-state index is 0.133. The summed E-state index contributed by atoms with van der Waals surface area (Å²) in [6.45, 7) is 1.64. The van der Waals surface area contributed by atoms with Crippen LogP contribution < -0.4 is 4.90 Å². The van der Waals surface area contributed by atoms with Crippen LogP contribution in [0, 0.1) is 5.92 Å². The summed E-state index contributed by atoms with van der Waals surface area (Å²) in [5, 5.41) is 5.04. The number of imide groups is 1. The molecule has 5 nitrogen and oxygen atoms in total. The predicted octanol–water partition coefficient (Wildman–Crippen LogP) is 3.53. The van der Waals surface area contributed by atoms with E-state index in [9.17, 15) is 9.59 Å². The monoisotopic (exact) mass is 401 g/mol. The van der Waals surface area contributed by atoms with Crippen molar-refractivity contribution in [1.29, 1.82) is 0 Å². The lowest BCUT2D eigenvalue weighted by Crippen LogP contribution is -2.44. The van der Waals surface area contributed by atoms with E-state index in [0.717, 1.165) is 25.1 Å². The van der Waals surface area contributed by atoms with Gasteiger partial charge in [0.2, 0.25) is 5.91 Å². The van der Waals surface area contributed by atoms with Gasteiger partial charge in [-0.05, 0) is 30.2 Å². The second-order valence-electron chi connectivity index (χ2n) is 7.11. The number of anilines is 1. The summed E-state index contributed by atoms with van der Waals surface area (Å²) in [6, 6.07) is 14.2. The number of benzene rings is 2. The average Bonchev–Trinajstić information content (AvgIpc) is 3.29. The van der Waals surface area contributed by atoms with E-state index in [4.69, 9.17) is 23.2 Å². The van der Waals surface area contributed by atoms with Gasteiger partial charge in [0.25, 0.3) is 5.91 Å². The molecular weight excluding hydrogens is 385 g/mol. The molecule has 2 amide bonds. The van der Waals surface area contributed by atoms with Gasteiger partial charge in [-0.15, -0.1) is 0 Å². The molecule has 3 atom stereocenters. The Labute approximate surface area is 167 Å². The van der Waals surface area contributed by atoms with Gasteiger partial charge in [0, 0.05) is 18.1 Å². The van der Waals surface area contributed by atoms with Gasteiger partial charge in [0.05, 0.1) is 22.7 Å². The lowest BCUT2D eigenvalue weighted by Gasteiger charge is -2.30. The minimum Gasteiger partial charge on any atom is -0.274 e. The number of rotatable bonds is 2. The standard InChI is InChI=1S/C20H17Cl2N3O2/c21-13-7-8-15(14(22)11-13)25-19(26)16-17(12-5-2-1-3-6-12)23-9-4-10-24(23)18(16)20(25)27/h1-3,5-8,11,16-18H,4,9-10H2/t16-,17+,18-/m0/s1. The summed E-state index contributed by atoms with van der Waals surface area (Å²) < 4.78 is 0. The number of carbonyl (C=O) groups excluding carboxylic acids is 2. The Bertz CT molecular complexity index is 936. The first-order chi connectivity index (χ1) is 13.1. The maximum Gasteiger partial charge on any atom is 0.253 e. The zero-order valence-electron chi connectivity index (χ0n) is 14.4. The van der Waals surface area contributed by atoms with Crippen LogP contribution >= 0.6 is 23.2 Å². The highest BCUT2D eigenvalue weighted by Gasteiger charge is 2.63. The molecule has 0 N–H and O–H groups in total. The lowest BCUT2D eigenvalue weighted by atomic mass is 9.90. The predicted molar refractivity (Wildman–Crippen MR) is 103 cm³/mol. The number of hydrogen-bond donors (Lipinski definition) is 0. The van der Waals surface area contributed by atoms with Crippen molar-refractivity contribution in [2.45, 2.75) is 18.5 Å². The van der Waals surface area contributed by atoms with Crippen molar-refractivity contribution in [1.82, 2.24) is 10.0 Å².